The summed E-state index contributed by atoms with van der Waals surface area (Å²) >= 11 is 0. The van der Waals surface area contributed by atoms with E-state index < -0.39 is 5.41 Å². The number of ether oxygens (including phenoxy) is 1. The molecule has 4 heteroatoms. The highest BCUT2D eigenvalue weighted by molar-refractivity contribution is 5.87. The van der Waals surface area contributed by atoms with Gasteiger partial charge in [0.2, 0.25) is 0 Å². The van der Waals surface area contributed by atoms with Crippen molar-refractivity contribution in [3.63, 3.8) is 0 Å². The minimum atomic E-state index is -0.783. The zero-order chi connectivity index (χ0) is 17.3. The van der Waals surface area contributed by atoms with E-state index in [1.807, 2.05) is 67.6 Å². The molecule has 2 bridgehead atoms. The van der Waals surface area contributed by atoms with Gasteiger partial charge in [-0.25, -0.2) is 0 Å². The largest absolute Gasteiger partial charge is 0.460 e. The van der Waals surface area contributed by atoms with Crippen LogP contribution in [0.1, 0.15) is 30.9 Å². The van der Waals surface area contributed by atoms with Gasteiger partial charge in [-0.05, 0) is 49.9 Å². The lowest BCUT2D eigenvalue weighted by atomic mass is 9.76. The molecular formula is C22H26ClNO2. The molecule has 1 unspecified atom stereocenters. The predicted octanol–water partition coefficient (Wildman–Crippen LogP) is 4.05. The third-order valence-electron chi connectivity index (χ3n) is 5.97. The van der Waals surface area contributed by atoms with E-state index in [0.717, 1.165) is 43.6 Å². The molecule has 0 amide bonds. The monoisotopic (exact) mass is 371 g/mol. The Balaban J connectivity index is 0.00000196. The van der Waals surface area contributed by atoms with Crippen LogP contribution in [0.2, 0.25) is 0 Å². The molecule has 0 spiro atoms. The fraction of sp³-hybridized carbons (Fsp3) is 0.409. The van der Waals surface area contributed by atoms with Crippen LogP contribution in [0.4, 0.5) is 0 Å². The smallest absolute Gasteiger partial charge is 0.321 e. The fourth-order valence-electron chi connectivity index (χ4n) is 4.25. The molecule has 0 aliphatic carbocycles. The van der Waals surface area contributed by atoms with Crippen molar-refractivity contribution in [1.82, 2.24) is 4.90 Å². The first-order valence-corrected chi connectivity index (χ1v) is 9.22. The van der Waals surface area contributed by atoms with Crippen molar-refractivity contribution >= 4 is 18.4 Å². The number of esters is 1. The van der Waals surface area contributed by atoms with E-state index in [1.165, 1.54) is 0 Å². The van der Waals surface area contributed by atoms with E-state index in [-0.39, 0.29) is 24.5 Å². The number of fused-ring (bicyclic) bond motifs is 3. The number of piperidine rings is 3. The van der Waals surface area contributed by atoms with Gasteiger partial charge >= 0.3 is 5.97 Å². The lowest BCUT2D eigenvalue weighted by molar-refractivity contribution is -0.163. The number of rotatable bonds is 4. The lowest BCUT2D eigenvalue weighted by Gasteiger charge is -2.45. The second kappa shape index (κ2) is 7.81. The molecule has 3 aliphatic heterocycles. The SMILES string of the molecule is CC(C(=O)OC1CN2CCC1CC2)(c1ccccc1)c1ccccc1.Cl. The van der Waals surface area contributed by atoms with Crippen LogP contribution in [-0.4, -0.2) is 36.6 Å². The van der Waals surface area contributed by atoms with Crippen LogP contribution in [-0.2, 0) is 14.9 Å². The number of halogens is 1. The molecule has 2 aromatic rings. The summed E-state index contributed by atoms with van der Waals surface area (Å²) in [5.74, 6) is 0.383. The minimum absolute atomic E-state index is 0. The Kier molecular flexibility index (Phi) is 5.69. The topological polar surface area (TPSA) is 29.5 Å². The molecule has 2 aromatic carbocycles. The number of carbonyl (C=O) groups excluding carboxylic acids is 1. The summed E-state index contributed by atoms with van der Waals surface area (Å²) in [6.07, 6.45) is 2.32. The van der Waals surface area contributed by atoms with E-state index in [0.29, 0.717) is 5.92 Å². The van der Waals surface area contributed by atoms with Crippen LogP contribution in [0.3, 0.4) is 0 Å². The normalized spacial score (nSPS) is 24.6. The Morgan fingerprint density at radius 1 is 0.962 bits per heavy atom. The molecule has 5 rings (SSSR count). The number of hydrogen-bond acceptors (Lipinski definition) is 3. The first-order valence-electron chi connectivity index (χ1n) is 9.22. The van der Waals surface area contributed by atoms with Gasteiger partial charge < -0.3 is 4.74 Å². The van der Waals surface area contributed by atoms with Crippen LogP contribution in [0, 0.1) is 5.92 Å². The number of nitrogens with zero attached hydrogens (tertiary/aromatic N) is 1. The summed E-state index contributed by atoms with van der Waals surface area (Å²) in [5, 5.41) is 0. The summed E-state index contributed by atoms with van der Waals surface area (Å²) in [7, 11) is 0. The summed E-state index contributed by atoms with van der Waals surface area (Å²) in [6, 6.07) is 20.0. The third-order valence-corrected chi connectivity index (χ3v) is 5.97. The van der Waals surface area contributed by atoms with Crippen LogP contribution >= 0.6 is 12.4 Å². The van der Waals surface area contributed by atoms with Crippen molar-refractivity contribution in [2.24, 2.45) is 5.92 Å². The van der Waals surface area contributed by atoms with Crippen molar-refractivity contribution in [1.29, 1.82) is 0 Å². The van der Waals surface area contributed by atoms with Gasteiger partial charge in [0.15, 0.2) is 0 Å². The first-order chi connectivity index (χ1) is 12.2. The quantitative estimate of drug-likeness (QED) is 0.759. The van der Waals surface area contributed by atoms with Gasteiger partial charge in [-0.1, -0.05) is 60.7 Å². The van der Waals surface area contributed by atoms with Gasteiger partial charge in [-0.3, -0.25) is 9.69 Å². The molecule has 26 heavy (non-hydrogen) atoms. The Hall–Kier alpha value is -1.84. The highest BCUT2D eigenvalue weighted by atomic mass is 35.5. The molecule has 3 heterocycles. The van der Waals surface area contributed by atoms with E-state index in [9.17, 15) is 4.79 Å². The van der Waals surface area contributed by atoms with Gasteiger partial charge in [-0.2, -0.15) is 0 Å². The molecule has 3 saturated heterocycles. The maximum atomic E-state index is 13.4. The number of benzene rings is 2. The van der Waals surface area contributed by atoms with Gasteiger partial charge in [0.25, 0.3) is 0 Å². The maximum absolute atomic E-state index is 13.4. The molecule has 3 fully saturated rings. The van der Waals surface area contributed by atoms with Crippen molar-refractivity contribution in [2.75, 3.05) is 19.6 Å². The van der Waals surface area contributed by atoms with Crippen LogP contribution in [0.5, 0.6) is 0 Å². The Bertz CT molecular complexity index is 687. The number of hydrogen-bond donors (Lipinski definition) is 0. The summed E-state index contributed by atoms with van der Waals surface area (Å²) in [6.45, 7) is 5.16. The van der Waals surface area contributed by atoms with E-state index in [1.54, 1.807) is 0 Å². The molecular weight excluding hydrogens is 346 g/mol. The second-order valence-electron chi connectivity index (χ2n) is 7.44. The molecule has 0 radical (unpaired) electrons. The molecule has 3 aliphatic rings. The summed E-state index contributed by atoms with van der Waals surface area (Å²) in [5.41, 5.74) is 1.18. The molecule has 0 saturated carbocycles. The molecule has 0 N–H and O–H groups in total. The molecule has 138 valence electrons. The fourth-order valence-corrected chi connectivity index (χ4v) is 4.25. The van der Waals surface area contributed by atoms with Crippen molar-refractivity contribution in [3.8, 4) is 0 Å². The Morgan fingerprint density at radius 2 is 1.46 bits per heavy atom. The average molecular weight is 372 g/mol. The molecule has 3 nitrogen and oxygen atoms in total. The number of carbonyl (C=O) groups is 1. The molecule has 1 atom stereocenters. The summed E-state index contributed by atoms with van der Waals surface area (Å²) < 4.78 is 6.12. The van der Waals surface area contributed by atoms with Gasteiger partial charge in [0.1, 0.15) is 11.5 Å². The van der Waals surface area contributed by atoms with Crippen LogP contribution in [0.25, 0.3) is 0 Å². The zero-order valence-electron chi connectivity index (χ0n) is 15.1. The third kappa shape index (κ3) is 3.38. The second-order valence-corrected chi connectivity index (χ2v) is 7.44. The highest BCUT2D eigenvalue weighted by Crippen LogP contribution is 2.36. The van der Waals surface area contributed by atoms with Gasteiger partial charge in [-0.15, -0.1) is 12.4 Å². The molecule has 0 aromatic heterocycles. The highest BCUT2D eigenvalue weighted by Gasteiger charge is 2.43. The predicted molar refractivity (Wildman–Crippen MR) is 106 cm³/mol. The van der Waals surface area contributed by atoms with Crippen LogP contribution in [0.15, 0.2) is 60.7 Å². The van der Waals surface area contributed by atoms with E-state index >= 15 is 0 Å². The van der Waals surface area contributed by atoms with Gasteiger partial charge in [0, 0.05) is 6.54 Å². The minimum Gasteiger partial charge on any atom is -0.460 e. The maximum Gasteiger partial charge on any atom is 0.321 e. The van der Waals surface area contributed by atoms with Crippen molar-refractivity contribution in [3.05, 3.63) is 71.8 Å². The standard InChI is InChI=1S/C22H25NO2.ClH/c1-22(18-8-4-2-5-9-18,19-10-6-3-7-11-19)21(24)25-20-16-23-14-12-17(20)13-15-23;/h2-11,17,20H,12-16H2,1H3;1H. The average Bonchev–Trinajstić information content (AvgIpc) is 2.69. The Labute approximate surface area is 161 Å². The van der Waals surface area contributed by atoms with E-state index in [2.05, 4.69) is 4.90 Å². The van der Waals surface area contributed by atoms with Crippen molar-refractivity contribution in [2.45, 2.75) is 31.3 Å². The Morgan fingerprint density at radius 3 is 1.88 bits per heavy atom. The van der Waals surface area contributed by atoms with E-state index in [4.69, 9.17) is 4.74 Å². The van der Waals surface area contributed by atoms with Crippen LogP contribution < -0.4 is 0 Å². The zero-order valence-corrected chi connectivity index (χ0v) is 16.0. The lowest BCUT2D eigenvalue weighted by Crippen LogP contribution is -2.53. The first kappa shape index (κ1) is 18.9. The summed E-state index contributed by atoms with van der Waals surface area (Å²) in [4.78, 5) is 15.8. The van der Waals surface area contributed by atoms with Gasteiger partial charge in [0.05, 0.1) is 0 Å². The van der Waals surface area contributed by atoms with Crippen molar-refractivity contribution < 1.29 is 9.53 Å².